The van der Waals surface area contributed by atoms with Gasteiger partial charge in [0.05, 0.1) is 5.54 Å². The standard InChI is InChI=1S/C15H25NO6/c1-9(2)14(19,20)12-7-11(5-6-11)15(21,22)16(12)13(17,18)8-10(12)3-4-10/h9,17-22H,3-8H2,1-2H3/t12-/m1/s1. The molecule has 126 valence electrons. The highest BCUT2D eigenvalue weighted by molar-refractivity contribution is 5.33. The predicted octanol–water partition coefficient (Wildman–Crippen LogP) is -0.991. The van der Waals surface area contributed by atoms with Crippen molar-refractivity contribution in [1.82, 2.24) is 4.90 Å². The number of fused-ring (bicyclic) bond motifs is 2. The molecule has 6 N–H and O–H groups in total. The van der Waals surface area contributed by atoms with E-state index in [-0.39, 0.29) is 12.8 Å². The van der Waals surface area contributed by atoms with Crippen molar-refractivity contribution < 1.29 is 30.6 Å². The lowest BCUT2D eigenvalue weighted by molar-refractivity contribution is -0.408. The van der Waals surface area contributed by atoms with Crippen LogP contribution >= 0.6 is 0 Å². The molecule has 2 saturated heterocycles. The molecule has 7 nitrogen and oxygen atoms in total. The highest BCUT2D eigenvalue weighted by Gasteiger charge is 2.90. The van der Waals surface area contributed by atoms with E-state index in [0.29, 0.717) is 25.7 Å². The monoisotopic (exact) mass is 315 g/mol. The topological polar surface area (TPSA) is 125 Å². The van der Waals surface area contributed by atoms with E-state index in [1.165, 1.54) is 0 Å². The van der Waals surface area contributed by atoms with Crippen molar-refractivity contribution >= 4 is 0 Å². The average Bonchev–Trinajstić information content (AvgIpc) is 3.20. The van der Waals surface area contributed by atoms with Crippen molar-refractivity contribution in [2.75, 3.05) is 0 Å². The Morgan fingerprint density at radius 3 is 1.77 bits per heavy atom. The summed E-state index contributed by atoms with van der Waals surface area (Å²) >= 11 is 0. The molecule has 1 atom stereocenters. The minimum atomic E-state index is -2.46. The first-order chi connectivity index (χ1) is 9.89. The van der Waals surface area contributed by atoms with Gasteiger partial charge in [-0.05, 0) is 32.1 Å². The Morgan fingerprint density at radius 1 is 0.864 bits per heavy atom. The first-order valence-corrected chi connectivity index (χ1v) is 8.03. The molecule has 4 fully saturated rings. The molecule has 2 aliphatic carbocycles. The van der Waals surface area contributed by atoms with Gasteiger partial charge in [0.1, 0.15) is 0 Å². The van der Waals surface area contributed by atoms with Crippen LogP contribution in [0.5, 0.6) is 0 Å². The molecular weight excluding hydrogens is 290 g/mol. The average molecular weight is 315 g/mol. The first kappa shape index (κ1) is 15.3. The number of nitrogens with zero attached hydrogens (tertiary/aromatic N) is 1. The van der Waals surface area contributed by atoms with Gasteiger partial charge in [0.2, 0.25) is 11.8 Å². The molecule has 0 amide bonds. The molecule has 7 heteroatoms. The van der Waals surface area contributed by atoms with Crippen molar-refractivity contribution in [2.45, 2.75) is 75.5 Å². The van der Waals surface area contributed by atoms with Gasteiger partial charge in [0.15, 0.2) is 5.79 Å². The second-order valence-corrected chi connectivity index (χ2v) is 8.40. The maximum atomic E-state index is 10.9. The summed E-state index contributed by atoms with van der Waals surface area (Å²) in [6, 6.07) is 0. The van der Waals surface area contributed by atoms with Gasteiger partial charge in [0, 0.05) is 23.2 Å². The summed E-state index contributed by atoms with van der Waals surface area (Å²) in [7, 11) is 0. The number of hydrogen-bond acceptors (Lipinski definition) is 7. The summed E-state index contributed by atoms with van der Waals surface area (Å²) in [5.74, 6) is -7.75. The van der Waals surface area contributed by atoms with Crippen LogP contribution in [-0.2, 0) is 0 Å². The molecule has 0 unspecified atom stereocenters. The van der Waals surface area contributed by atoms with Gasteiger partial charge >= 0.3 is 0 Å². The molecule has 0 radical (unpaired) electrons. The lowest BCUT2D eigenvalue weighted by atomic mass is 9.68. The van der Waals surface area contributed by atoms with Gasteiger partial charge in [-0.15, -0.1) is 0 Å². The van der Waals surface area contributed by atoms with Gasteiger partial charge in [-0.25, -0.2) is 0 Å². The zero-order valence-corrected chi connectivity index (χ0v) is 13.0. The molecule has 2 heterocycles. The Balaban J connectivity index is 1.97. The van der Waals surface area contributed by atoms with Gasteiger partial charge in [-0.2, -0.15) is 4.90 Å². The van der Waals surface area contributed by atoms with E-state index in [9.17, 15) is 30.6 Å². The molecule has 2 spiro atoms. The lowest BCUT2D eigenvalue weighted by Gasteiger charge is -2.51. The molecule has 0 aromatic rings. The van der Waals surface area contributed by atoms with E-state index in [1.54, 1.807) is 13.8 Å². The molecule has 22 heavy (non-hydrogen) atoms. The normalized spacial score (nSPS) is 39.7. The van der Waals surface area contributed by atoms with Crippen LogP contribution in [0.15, 0.2) is 0 Å². The van der Waals surface area contributed by atoms with Crippen LogP contribution in [0.1, 0.15) is 52.4 Å². The van der Waals surface area contributed by atoms with Crippen LogP contribution in [0, 0.1) is 16.7 Å². The fraction of sp³-hybridized carbons (Fsp3) is 1.00. The van der Waals surface area contributed by atoms with Gasteiger partial charge in [-0.3, -0.25) is 0 Å². The molecular formula is C15H25NO6. The molecule has 0 aromatic heterocycles. The van der Waals surface area contributed by atoms with E-state index < -0.39 is 39.9 Å². The Labute approximate surface area is 128 Å². The van der Waals surface area contributed by atoms with E-state index >= 15 is 0 Å². The highest BCUT2D eigenvalue weighted by atomic mass is 16.6. The Kier molecular flexibility index (Phi) is 2.45. The predicted molar refractivity (Wildman–Crippen MR) is 73.5 cm³/mol. The fourth-order valence-corrected chi connectivity index (χ4v) is 5.42. The van der Waals surface area contributed by atoms with Crippen molar-refractivity contribution in [3.05, 3.63) is 0 Å². The Morgan fingerprint density at radius 2 is 1.36 bits per heavy atom. The number of aliphatic hydroxyl groups is 6. The highest BCUT2D eigenvalue weighted by Crippen LogP contribution is 2.80. The maximum absolute atomic E-state index is 10.9. The lowest BCUT2D eigenvalue weighted by Crippen LogP contribution is -2.71. The minimum absolute atomic E-state index is 0.103. The van der Waals surface area contributed by atoms with Gasteiger partial charge < -0.3 is 30.6 Å². The molecule has 2 saturated carbocycles. The molecule has 4 aliphatic rings. The van der Waals surface area contributed by atoms with Crippen LogP contribution in [-0.4, -0.2) is 58.7 Å². The maximum Gasteiger partial charge on any atom is 0.235 e. The number of hydrogen-bond donors (Lipinski definition) is 6. The van der Waals surface area contributed by atoms with E-state index in [1.807, 2.05) is 0 Å². The fourth-order valence-electron chi connectivity index (χ4n) is 5.42. The third-order valence-corrected chi connectivity index (χ3v) is 6.93. The third-order valence-electron chi connectivity index (χ3n) is 6.93. The molecule has 0 bridgehead atoms. The van der Waals surface area contributed by atoms with Crippen molar-refractivity contribution in [3.8, 4) is 0 Å². The Hall–Kier alpha value is -0.280. The first-order valence-electron chi connectivity index (χ1n) is 8.03. The van der Waals surface area contributed by atoms with Crippen LogP contribution < -0.4 is 0 Å². The Bertz CT molecular complexity index is 534. The zero-order valence-electron chi connectivity index (χ0n) is 13.0. The third kappa shape index (κ3) is 1.31. The zero-order chi connectivity index (χ0) is 16.4. The molecule has 0 aromatic carbocycles. The minimum Gasteiger partial charge on any atom is -0.364 e. The summed E-state index contributed by atoms with van der Waals surface area (Å²) < 4.78 is 0. The van der Waals surface area contributed by atoms with Crippen LogP contribution in [0.4, 0.5) is 0 Å². The molecule has 4 rings (SSSR count). The van der Waals surface area contributed by atoms with Crippen molar-refractivity contribution in [3.63, 3.8) is 0 Å². The SMILES string of the molecule is CC(C)C(O)(O)[C@]12CC3(CC3)C(O)(O)N1C(O)(O)CC21CC1. The summed E-state index contributed by atoms with van der Waals surface area (Å²) in [5.41, 5.74) is -3.07. The van der Waals surface area contributed by atoms with Crippen LogP contribution in [0.3, 0.4) is 0 Å². The summed E-state index contributed by atoms with van der Waals surface area (Å²) in [5, 5.41) is 64.2. The summed E-state index contributed by atoms with van der Waals surface area (Å²) in [6.07, 6.45) is 2.34. The number of rotatable bonds is 2. The summed E-state index contributed by atoms with van der Waals surface area (Å²) in [4.78, 5) is 0.812. The summed E-state index contributed by atoms with van der Waals surface area (Å²) in [6.45, 7) is 3.29. The van der Waals surface area contributed by atoms with Crippen LogP contribution in [0.2, 0.25) is 0 Å². The smallest absolute Gasteiger partial charge is 0.235 e. The quantitative estimate of drug-likeness (QED) is 0.361. The van der Waals surface area contributed by atoms with Crippen molar-refractivity contribution in [2.24, 2.45) is 16.7 Å². The second kappa shape index (κ2) is 3.54. The van der Waals surface area contributed by atoms with E-state index in [4.69, 9.17) is 0 Å². The largest absolute Gasteiger partial charge is 0.364 e. The second-order valence-electron chi connectivity index (χ2n) is 8.40. The van der Waals surface area contributed by atoms with Crippen LogP contribution in [0.25, 0.3) is 0 Å². The van der Waals surface area contributed by atoms with Gasteiger partial charge in [0.25, 0.3) is 0 Å². The van der Waals surface area contributed by atoms with Crippen molar-refractivity contribution in [1.29, 1.82) is 0 Å². The van der Waals surface area contributed by atoms with E-state index in [2.05, 4.69) is 0 Å². The molecule has 2 aliphatic heterocycles. The van der Waals surface area contributed by atoms with E-state index in [0.717, 1.165) is 4.90 Å². The van der Waals surface area contributed by atoms with Gasteiger partial charge in [-0.1, -0.05) is 13.8 Å².